The van der Waals surface area contributed by atoms with E-state index in [1.54, 1.807) is 35.2 Å². The van der Waals surface area contributed by atoms with E-state index in [0.717, 1.165) is 24.8 Å². The van der Waals surface area contributed by atoms with E-state index in [4.69, 9.17) is 5.73 Å². The normalized spacial score (nSPS) is 18.6. The Morgan fingerprint density at radius 2 is 1.78 bits per heavy atom. The highest BCUT2D eigenvalue weighted by Gasteiger charge is 2.33. The number of amides is 1. The maximum absolute atomic E-state index is 13.8. The monoisotopic (exact) mass is 589 g/mol. The summed E-state index contributed by atoms with van der Waals surface area (Å²) in [4.78, 5) is 19.4. The van der Waals surface area contributed by atoms with Gasteiger partial charge in [-0.25, -0.2) is 8.42 Å². The summed E-state index contributed by atoms with van der Waals surface area (Å²) in [5.74, 6) is 0.408. The van der Waals surface area contributed by atoms with Gasteiger partial charge in [0.2, 0.25) is 15.9 Å². The number of halogens is 1. The number of likely N-dealkylation sites (tertiary alicyclic amines) is 1. The number of aliphatic hydroxyl groups is 1. The molecule has 1 aromatic heterocycles. The maximum atomic E-state index is 13.8. The zero-order valence-corrected chi connectivity index (χ0v) is 24.5. The van der Waals surface area contributed by atoms with E-state index < -0.39 is 16.1 Å². The van der Waals surface area contributed by atoms with Gasteiger partial charge in [-0.2, -0.15) is 4.72 Å². The number of aliphatic hydroxyl groups excluding tert-OH is 1. The van der Waals surface area contributed by atoms with Crippen LogP contribution in [0.5, 0.6) is 0 Å². The summed E-state index contributed by atoms with van der Waals surface area (Å²) in [7, 11) is -4.19. The zero-order valence-electron chi connectivity index (χ0n) is 23.7. The lowest BCUT2D eigenvalue weighted by Crippen LogP contribution is -2.51. The van der Waals surface area contributed by atoms with Crippen LogP contribution in [0.2, 0.25) is 0 Å². The number of carbonyl (C=O) groups is 1. The molecule has 1 aliphatic carbocycles. The van der Waals surface area contributed by atoms with Gasteiger partial charge in [0, 0.05) is 37.2 Å². The van der Waals surface area contributed by atoms with Gasteiger partial charge < -0.3 is 21.1 Å². The van der Waals surface area contributed by atoms with Gasteiger partial charge in [0.15, 0.2) is 0 Å². The predicted molar refractivity (Wildman–Crippen MR) is 158 cm³/mol. The van der Waals surface area contributed by atoms with Crippen molar-refractivity contribution in [1.29, 1.82) is 0 Å². The number of anilines is 2. The minimum absolute atomic E-state index is 0.0705. The lowest BCUT2D eigenvalue weighted by molar-refractivity contribution is -0.134. The molecule has 5 N–H and O–H groups in total. The second kappa shape index (κ2) is 14.9. The number of piperidine rings is 1. The van der Waals surface area contributed by atoms with Crippen molar-refractivity contribution in [3.05, 3.63) is 48.3 Å². The summed E-state index contributed by atoms with van der Waals surface area (Å²) < 4.78 is 43.1. The third kappa shape index (κ3) is 8.86. The Morgan fingerprint density at radius 3 is 2.44 bits per heavy atom. The number of nitrogens with zero attached hydrogens (tertiary/aromatic N) is 2. The number of pyridine rings is 1. The summed E-state index contributed by atoms with van der Waals surface area (Å²) in [5, 5.41) is 13.3. The molecule has 2 atom stereocenters. The molecular formula is C30H44FN5O4S. The van der Waals surface area contributed by atoms with Crippen LogP contribution >= 0.6 is 0 Å². The van der Waals surface area contributed by atoms with Gasteiger partial charge in [-0.15, -0.1) is 0 Å². The summed E-state index contributed by atoms with van der Waals surface area (Å²) >= 11 is 0. The van der Waals surface area contributed by atoms with E-state index in [1.807, 2.05) is 0 Å². The Morgan fingerprint density at radius 1 is 1.07 bits per heavy atom. The van der Waals surface area contributed by atoms with Gasteiger partial charge in [0.25, 0.3) is 0 Å². The van der Waals surface area contributed by atoms with Crippen molar-refractivity contribution in [2.45, 2.75) is 81.2 Å². The number of nitrogen functional groups attached to an aromatic ring is 1. The molecule has 4 rings (SSSR count). The first-order valence-electron chi connectivity index (χ1n) is 14.8. The first kappa shape index (κ1) is 31.2. The van der Waals surface area contributed by atoms with Gasteiger partial charge >= 0.3 is 0 Å². The van der Waals surface area contributed by atoms with Crippen LogP contribution in [0.1, 0.15) is 63.4 Å². The molecule has 2 fully saturated rings. The molecule has 0 radical (unpaired) electrons. The number of alkyl halides is 1. The van der Waals surface area contributed by atoms with Crippen LogP contribution in [0.4, 0.5) is 15.8 Å². The molecule has 1 saturated carbocycles. The minimum Gasteiger partial charge on any atom is -0.399 e. The summed E-state index contributed by atoms with van der Waals surface area (Å²) in [6, 6.07) is 7.25. The molecule has 1 amide bonds. The topological polar surface area (TPSA) is 138 Å². The molecule has 2 aromatic rings. The second-order valence-electron chi connectivity index (χ2n) is 11.5. The fraction of sp³-hybridized carbons (Fsp3) is 0.600. The van der Waals surface area contributed by atoms with E-state index >= 15 is 0 Å². The van der Waals surface area contributed by atoms with Gasteiger partial charge in [0.05, 0.1) is 19.0 Å². The molecule has 0 bridgehead atoms. The molecule has 1 aromatic carbocycles. The van der Waals surface area contributed by atoms with Crippen molar-refractivity contribution >= 4 is 27.3 Å². The van der Waals surface area contributed by atoms with Crippen molar-refractivity contribution in [2.75, 3.05) is 37.4 Å². The molecule has 1 saturated heterocycles. The maximum Gasteiger partial charge on any atom is 0.244 e. The van der Waals surface area contributed by atoms with Gasteiger partial charge in [0.1, 0.15) is 10.9 Å². The van der Waals surface area contributed by atoms with Crippen LogP contribution in [0.3, 0.4) is 0 Å². The number of benzene rings is 1. The van der Waals surface area contributed by atoms with Crippen LogP contribution in [0.15, 0.2) is 47.6 Å². The van der Waals surface area contributed by atoms with Crippen molar-refractivity contribution < 1.29 is 22.7 Å². The van der Waals surface area contributed by atoms with E-state index in [9.17, 15) is 22.7 Å². The van der Waals surface area contributed by atoms with E-state index in [2.05, 4.69) is 15.0 Å². The number of carbonyl (C=O) groups excluding carboxylic acids is 1. The van der Waals surface area contributed by atoms with E-state index in [1.165, 1.54) is 31.7 Å². The van der Waals surface area contributed by atoms with Crippen LogP contribution in [-0.4, -0.2) is 67.8 Å². The molecular weight excluding hydrogens is 545 g/mol. The Labute approximate surface area is 243 Å². The van der Waals surface area contributed by atoms with Crippen molar-refractivity contribution in [3.63, 3.8) is 0 Å². The predicted octanol–water partition coefficient (Wildman–Crippen LogP) is 3.89. The average Bonchev–Trinajstić information content (AvgIpc) is 2.98. The minimum atomic E-state index is -4.19. The highest BCUT2D eigenvalue weighted by Crippen LogP contribution is 2.29. The lowest BCUT2D eigenvalue weighted by atomic mass is 9.85. The van der Waals surface area contributed by atoms with Gasteiger partial charge in [-0.1, -0.05) is 44.2 Å². The third-order valence-electron chi connectivity index (χ3n) is 8.46. The largest absolute Gasteiger partial charge is 0.399 e. The number of aromatic nitrogens is 1. The van der Waals surface area contributed by atoms with Crippen molar-refractivity contribution in [1.82, 2.24) is 14.6 Å². The highest BCUT2D eigenvalue weighted by atomic mass is 32.2. The number of hydrogen-bond donors (Lipinski definition) is 4. The van der Waals surface area contributed by atoms with Crippen molar-refractivity contribution in [3.8, 4) is 0 Å². The number of sulfonamides is 1. The van der Waals surface area contributed by atoms with E-state index in [0.29, 0.717) is 49.6 Å². The van der Waals surface area contributed by atoms with Crippen LogP contribution in [0, 0.1) is 11.8 Å². The third-order valence-corrected chi connectivity index (χ3v) is 9.95. The summed E-state index contributed by atoms with van der Waals surface area (Å²) in [6.07, 6.45) is 11.4. The van der Waals surface area contributed by atoms with Crippen LogP contribution in [-0.2, 0) is 21.2 Å². The molecule has 226 valence electrons. The molecule has 2 heterocycles. The average molecular weight is 590 g/mol. The molecule has 2 aliphatic rings. The smallest absolute Gasteiger partial charge is 0.244 e. The van der Waals surface area contributed by atoms with Crippen LogP contribution in [0.25, 0.3) is 0 Å². The highest BCUT2D eigenvalue weighted by molar-refractivity contribution is 7.89. The number of rotatable bonds is 13. The number of nitrogens with one attached hydrogen (secondary N) is 2. The molecule has 1 aliphatic heterocycles. The first-order chi connectivity index (χ1) is 19.8. The Hall–Kier alpha value is -2.76. The summed E-state index contributed by atoms with van der Waals surface area (Å²) in [6.45, 7) is 0.421. The van der Waals surface area contributed by atoms with Gasteiger partial charge in [-0.3, -0.25) is 14.2 Å². The SMILES string of the molecule is Nc1ccc(C[C@H](NS(=O)(=O)c2cnccc2N[C@H](CO)CC2CCCCC2)C(=O)N2CCC(CCF)CC2)cc1. The number of nitrogens with two attached hydrogens (primary N) is 1. The molecule has 41 heavy (non-hydrogen) atoms. The first-order valence-corrected chi connectivity index (χ1v) is 16.3. The number of hydrogen-bond acceptors (Lipinski definition) is 7. The Kier molecular flexibility index (Phi) is 11.4. The fourth-order valence-corrected chi connectivity index (χ4v) is 7.38. The Balaban J connectivity index is 1.53. The van der Waals surface area contributed by atoms with E-state index in [-0.39, 0.29) is 42.5 Å². The molecule has 0 spiro atoms. The molecule has 11 heteroatoms. The standard InChI is InChI=1S/C30H44FN5O4S/c31-14-10-22-12-16-36(17-13-22)30(38)28(19-24-6-8-25(32)9-7-24)35-41(39,40)29-20-33-15-11-27(29)34-26(21-37)18-23-4-2-1-3-5-23/h6-9,11,15,20,22-23,26,28,35,37H,1-5,10,12-14,16-19,21,32H2,(H,33,34)/t26-,28-/m0/s1. The Bertz CT molecular complexity index is 1220. The second-order valence-corrected chi connectivity index (χ2v) is 13.2. The zero-order chi connectivity index (χ0) is 29.2. The van der Waals surface area contributed by atoms with Crippen molar-refractivity contribution in [2.24, 2.45) is 11.8 Å². The molecule has 9 nitrogen and oxygen atoms in total. The lowest BCUT2D eigenvalue weighted by Gasteiger charge is -2.34. The molecule has 0 unspecified atom stereocenters. The fourth-order valence-electron chi connectivity index (χ4n) is 6.07. The quantitative estimate of drug-likeness (QED) is 0.260. The summed E-state index contributed by atoms with van der Waals surface area (Å²) in [5.41, 5.74) is 7.51. The van der Waals surface area contributed by atoms with Crippen LogP contribution < -0.4 is 15.8 Å². The van der Waals surface area contributed by atoms with Gasteiger partial charge in [-0.05, 0) is 67.7 Å².